The van der Waals surface area contributed by atoms with Crippen LogP contribution in [0.1, 0.15) is 12.0 Å². The van der Waals surface area contributed by atoms with Crippen molar-refractivity contribution in [1.29, 1.82) is 0 Å². The molecular weight excluding hydrogens is 512 g/mol. The number of aromatic hydroxyl groups is 1. The Bertz CT molecular complexity index is 1350. The molecule has 3 aromatic rings. The number of carbonyl (C=O) groups is 2. The fraction of sp³-hybridized carbons (Fsp3) is 0.259. The monoisotopic (exact) mass is 540 g/mol. The number of esters is 1. The lowest BCUT2D eigenvalue weighted by atomic mass is 10.0. The molecule has 0 spiro atoms. The summed E-state index contributed by atoms with van der Waals surface area (Å²) in [7, 11) is -2.79. The van der Waals surface area contributed by atoms with E-state index in [9.17, 15) is 23.1 Å². The molecule has 3 aromatic carbocycles. The summed E-state index contributed by atoms with van der Waals surface area (Å²) >= 11 is 4.45. The average Bonchev–Trinajstić information content (AvgIpc) is 3.32. The van der Waals surface area contributed by atoms with E-state index < -0.39 is 34.0 Å². The first-order chi connectivity index (χ1) is 17.7. The van der Waals surface area contributed by atoms with E-state index in [0.29, 0.717) is 5.56 Å². The van der Waals surface area contributed by atoms with Gasteiger partial charge in [-0.2, -0.15) is 16.9 Å². The first-order valence-electron chi connectivity index (χ1n) is 11.7. The first-order valence-corrected chi connectivity index (χ1v) is 13.7. The van der Waals surface area contributed by atoms with Crippen LogP contribution in [0.15, 0.2) is 83.8 Å². The highest BCUT2D eigenvalue weighted by molar-refractivity contribution is 7.89. The Morgan fingerprint density at radius 3 is 2.27 bits per heavy atom. The molecule has 4 rings (SSSR count). The number of methoxy groups -OCH3 is 1. The number of hydrogen-bond donors (Lipinski definition) is 3. The minimum absolute atomic E-state index is 0.0603. The molecule has 0 radical (unpaired) electrons. The summed E-state index contributed by atoms with van der Waals surface area (Å²) in [4.78, 5) is 25.8. The van der Waals surface area contributed by atoms with Gasteiger partial charge >= 0.3 is 5.97 Å². The van der Waals surface area contributed by atoms with Crippen LogP contribution in [0.3, 0.4) is 0 Å². The molecule has 1 amide bonds. The molecule has 3 atom stereocenters. The highest BCUT2D eigenvalue weighted by Gasteiger charge is 2.43. The Hall–Kier alpha value is -3.34. The lowest BCUT2D eigenvalue weighted by Gasteiger charge is -2.25. The largest absolute Gasteiger partial charge is 0.508 e. The number of benzene rings is 3. The maximum Gasteiger partial charge on any atom is 0.328 e. The molecule has 1 saturated heterocycles. The number of hydrogen-bond acceptors (Lipinski definition) is 7. The van der Waals surface area contributed by atoms with Gasteiger partial charge < -0.3 is 15.2 Å². The van der Waals surface area contributed by atoms with Crippen molar-refractivity contribution in [1.82, 2.24) is 9.62 Å². The molecular formula is C27H28N2O6S2. The van der Waals surface area contributed by atoms with Gasteiger partial charge in [0.25, 0.3) is 0 Å². The minimum Gasteiger partial charge on any atom is -0.508 e. The normalized spacial score (nSPS) is 18.8. The fourth-order valence-corrected chi connectivity index (χ4v) is 6.47. The number of sulfonamides is 1. The van der Waals surface area contributed by atoms with E-state index in [4.69, 9.17) is 4.74 Å². The third-order valence-electron chi connectivity index (χ3n) is 6.28. The van der Waals surface area contributed by atoms with Crippen LogP contribution in [0.2, 0.25) is 0 Å². The summed E-state index contributed by atoms with van der Waals surface area (Å²) in [5.74, 6) is -1.19. The van der Waals surface area contributed by atoms with Gasteiger partial charge in [-0.15, -0.1) is 0 Å². The van der Waals surface area contributed by atoms with Gasteiger partial charge in [-0.1, -0.05) is 54.6 Å². The average molecular weight is 541 g/mol. The van der Waals surface area contributed by atoms with Crippen molar-refractivity contribution in [2.45, 2.75) is 35.1 Å². The van der Waals surface area contributed by atoms with Crippen molar-refractivity contribution in [2.24, 2.45) is 0 Å². The second-order valence-electron chi connectivity index (χ2n) is 8.83. The van der Waals surface area contributed by atoms with Gasteiger partial charge in [0, 0.05) is 18.2 Å². The summed E-state index contributed by atoms with van der Waals surface area (Å²) in [5, 5.41) is 11.8. The third-order valence-corrected chi connectivity index (χ3v) is 8.55. The summed E-state index contributed by atoms with van der Waals surface area (Å²) in [5.41, 5.74) is 2.52. The van der Waals surface area contributed by atoms with Crippen LogP contribution in [-0.2, 0) is 30.8 Å². The second kappa shape index (κ2) is 11.4. The molecule has 0 aliphatic carbocycles. The molecule has 0 bridgehead atoms. The van der Waals surface area contributed by atoms with Gasteiger partial charge in [0.05, 0.1) is 12.0 Å². The third kappa shape index (κ3) is 6.15. The standard InChI is InChI=1S/C27H28N2O6S2/c1-35-27(32)24(15-18-7-11-21(30)12-8-18)28-26(31)25-16-22(36)17-29(25)37(33,34)23-13-9-20(10-14-23)19-5-3-2-4-6-19/h2-14,22,24-25,30,36H,15-17H2,1H3,(H,28,31)/t22-,24?,25-/m0/s1. The number of thiol groups is 1. The second-order valence-corrected chi connectivity index (χ2v) is 11.4. The summed E-state index contributed by atoms with van der Waals surface area (Å²) < 4.78 is 33.1. The fourth-order valence-electron chi connectivity index (χ4n) is 4.34. The van der Waals surface area contributed by atoms with E-state index >= 15 is 0 Å². The van der Waals surface area contributed by atoms with E-state index in [1.165, 1.54) is 31.4 Å². The van der Waals surface area contributed by atoms with Crippen molar-refractivity contribution in [3.05, 3.63) is 84.4 Å². The maximum absolute atomic E-state index is 13.5. The Kier molecular flexibility index (Phi) is 8.21. The topological polar surface area (TPSA) is 113 Å². The molecule has 37 heavy (non-hydrogen) atoms. The molecule has 10 heteroatoms. The first kappa shape index (κ1) is 26.7. The summed E-state index contributed by atoms with van der Waals surface area (Å²) in [6.45, 7) is 0.0603. The van der Waals surface area contributed by atoms with Crippen LogP contribution >= 0.6 is 12.6 Å². The smallest absolute Gasteiger partial charge is 0.328 e. The van der Waals surface area contributed by atoms with Gasteiger partial charge in [-0.25, -0.2) is 13.2 Å². The number of ether oxygens (including phenoxy) is 1. The Morgan fingerprint density at radius 2 is 1.65 bits per heavy atom. The summed E-state index contributed by atoms with van der Waals surface area (Å²) in [6.07, 6.45) is 0.312. The van der Waals surface area contributed by atoms with Crippen molar-refractivity contribution in [3.63, 3.8) is 0 Å². The molecule has 194 valence electrons. The lowest BCUT2D eigenvalue weighted by Crippen LogP contribution is -2.51. The van der Waals surface area contributed by atoms with Gasteiger partial charge in [-0.3, -0.25) is 4.79 Å². The number of nitrogens with zero attached hydrogens (tertiary/aromatic N) is 1. The highest BCUT2D eigenvalue weighted by Crippen LogP contribution is 2.30. The molecule has 8 nitrogen and oxygen atoms in total. The van der Waals surface area contributed by atoms with E-state index in [-0.39, 0.29) is 35.3 Å². The van der Waals surface area contributed by atoms with Gasteiger partial charge in [-0.05, 0) is 47.4 Å². The molecule has 1 aliphatic rings. The number of phenols is 1. The van der Waals surface area contributed by atoms with Crippen LogP contribution in [0, 0.1) is 0 Å². The van der Waals surface area contributed by atoms with E-state index in [1.807, 2.05) is 30.3 Å². The quantitative estimate of drug-likeness (QED) is 0.299. The van der Waals surface area contributed by atoms with Crippen LogP contribution in [0.4, 0.5) is 0 Å². The van der Waals surface area contributed by atoms with Crippen molar-refractivity contribution >= 4 is 34.5 Å². The number of carbonyl (C=O) groups excluding carboxylic acids is 2. The van der Waals surface area contributed by atoms with E-state index in [1.54, 1.807) is 24.3 Å². The number of nitrogens with one attached hydrogen (secondary N) is 1. The Labute approximate surface area is 221 Å². The minimum atomic E-state index is -4.01. The zero-order valence-corrected chi connectivity index (χ0v) is 21.9. The van der Waals surface area contributed by atoms with Crippen molar-refractivity contribution < 1.29 is 27.9 Å². The maximum atomic E-state index is 13.5. The molecule has 0 saturated carbocycles. The van der Waals surface area contributed by atoms with Crippen LogP contribution < -0.4 is 5.32 Å². The van der Waals surface area contributed by atoms with Gasteiger partial charge in [0.1, 0.15) is 17.8 Å². The van der Waals surface area contributed by atoms with E-state index in [2.05, 4.69) is 17.9 Å². The van der Waals surface area contributed by atoms with Gasteiger partial charge in [0.15, 0.2) is 0 Å². The number of amides is 1. The Morgan fingerprint density at radius 1 is 1.03 bits per heavy atom. The zero-order valence-electron chi connectivity index (χ0n) is 20.2. The van der Waals surface area contributed by atoms with Crippen molar-refractivity contribution in [3.8, 4) is 16.9 Å². The lowest BCUT2D eigenvalue weighted by molar-refractivity contribution is -0.145. The summed E-state index contributed by atoms with van der Waals surface area (Å²) in [6, 6.07) is 20.3. The number of rotatable bonds is 8. The SMILES string of the molecule is COC(=O)C(Cc1ccc(O)cc1)NC(=O)[C@@H]1C[C@H](S)CN1S(=O)(=O)c1ccc(-c2ccccc2)cc1. The van der Waals surface area contributed by atoms with Crippen molar-refractivity contribution in [2.75, 3.05) is 13.7 Å². The molecule has 0 aromatic heterocycles. The van der Waals surface area contributed by atoms with Crippen LogP contribution in [0.5, 0.6) is 5.75 Å². The molecule has 2 N–H and O–H groups in total. The molecule has 1 unspecified atom stereocenters. The molecule has 1 heterocycles. The zero-order chi connectivity index (χ0) is 26.6. The van der Waals surface area contributed by atoms with Crippen LogP contribution in [-0.4, -0.2) is 60.7 Å². The van der Waals surface area contributed by atoms with Gasteiger partial charge in [0.2, 0.25) is 15.9 Å². The molecule has 1 fully saturated rings. The van der Waals surface area contributed by atoms with Crippen LogP contribution in [0.25, 0.3) is 11.1 Å². The highest BCUT2D eigenvalue weighted by atomic mass is 32.2. The molecule has 1 aliphatic heterocycles. The predicted molar refractivity (Wildman–Crippen MR) is 143 cm³/mol. The predicted octanol–water partition coefficient (Wildman–Crippen LogP) is 3.02. The van der Waals surface area contributed by atoms with E-state index in [0.717, 1.165) is 15.4 Å². The number of phenolic OH excluding ortho intramolecular Hbond substituents is 1. The Balaban J connectivity index is 1.54.